The fraction of sp³-hybridized carbons (Fsp3) is 0.350. The highest BCUT2D eigenvalue weighted by Gasteiger charge is 2.22. The number of thiazole rings is 2. The maximum Gasteiger partial charge on any atom is 0.189 e. The van der Waals surface area contributed by atoms with Crippen molar-refractivity contribution in [1.82, 2.24) is 25.3 Å². The molecular weight excluding hydrogens is 404 g/mol. The lowest BCUT2D eigenvalue weighted by atomic mass is 10.1. The largest absolute Gasteiger partial charge is 0.508 e. The molecular formula is C20H24N6OS2. The number of aromatic nitrogens is 4. The summed E-state index contributed by atoms with van der Waals surface area (Å²) >= 11 is 3.08. The minimum atomic E-state index is 0.141. The number of imidazole rings is 1. The van der Waals surface area contributed by atoms with Crippen LogP contribution in [-0.4, -0.2) is 51.2 Å². The van der Waals surface area contributed by atoms with E-state index < -0.39 is 0 Å². The van der Waals surface area contributed by atoms with Gasteiger partial charge in [0.15, 0.2) is 15.6 Å². The minimum Gasteiger partial charge on any atom is -0.508 e. The Kier molecular flexibility index (Phi) is 5.79. The van der Waals surface area contributed by atoms with Crippen LogP contribution in [0.15, 0.2) is 36.2 Å². The van der Waals surface area contributed by atoms with Crippen LogP contribution in [0.4, 0.5) is 5.13 Å². The minimum absolute atomic E-state index is 0.141. The van der Waals surface area contributed by atoms with Crippen molar-refractivity contribution < 1.29 is 5.11 Å². The molecule has 1 saturated heterocycles. The molecule has 0 radical (unpaired) electrons. The van der Waals surface area contributed by atoms with Gasteiger partial charge in [-0.1, -0.05) is 24.0 Å². The number of nitrogens with zero attached hydrogens (tertiary/aromatic N) is 4. The van der Waals surface area contributed by atoms with Crippen LogP contribution in [0.3, 0.4) is 0 Å². The SMILES string of the molecule is C=C/C(=C\C(O)=C(/C)c1nc2sc(N(C)C3CCNCC3)nc2[nH]1)c1cncs1. The van der Waals surface area contributed by atoms with Crippen molar-refractivity contribution in [1.29, 1.82) is 0 Å². The highest BCUT2D eigenvalue weighted by Crippen LogP contribution is 2.31. The molecule has 0 aromatic carbocycles. The number of fused-ring (bicyclic) bond motifs is 1. The third-order valence-corrected chi connectivity index (χ3v) is 7.04. The van der Waals surface area contributed by atoms with Gasteiger partial charge in [-0.25, -0.2) is 9.97 Å². The van der Waals surface area contributed by atoms with Gasteiger partial charge in [0.1, 0.15) is 11.6 Å². The second-order valence-corrected chi connectivity index (χ2v) is 8.85. The highest BCUT2D eigenvalue weighted by atomic mass is 32.1. The Morgan fingerprint density at radius 2 is 2.14 bits per heavy atom. The molecule has 3 N–H and O–H groups in total. The van der Waals surface area contributed by atoms with Crippen LogP contribution >= 0.6 is 22.7 Å². The molecule has 0 bridgehead atoms. The van der Waals surface area contributed by atoms with E-state index in [0.717, 1.165) is 52.0 Å². The first-order valence-corrected chi connectivity index (χ1v) is 11.2. The zero-order valence-corrected chi connectivity index (χ0v) is 18.1. The summed E-state index contributed by atoms with van der Waals surface area (Å²) in [5, 5.41) is 15.0. The molecule has 152 valence electrons. The summed E-state index contributed by atoms with van der Waals surface area (Å²) in [5.74, 6) is 0.762. The summed E-state index contributed by atoms with van der Waals surface area (Å²) in [6, 6.07) is 0.505. The van der Waals surface area contributed by atoms with E-state index in [9.17, 15) is 5.11 Å². The second-order valence-electron chi connectivity index (χ2n) is 7.01. The first-order valence-electron chi connectivity index (χ1n) is 9.50. The van der Waals surface area contributed by atoms with E-state index in [-0.39, 0.29) is 5.76 Å². The molecule has 29 heavy (non-hydrogen) atoms. The number of hydrogen-bond acceptors (Lipinski definition) is 8. The van der Waals surface area contributed by atoms with Crippen molar-refractivity contribution in [3.63, 3.8) is 0 Å². The summed E-state index contributed by atoms with van der Waals surface area (Å²) < 4.78 is 0. The summed E-state index contributed by atoms with van der Waals surface area (Å²) in [6.07, 6.45) is 7.40. The molecule has 9 heteroatoms. The second kappa shape index (κ2) is 8.48. The lowest BCUT2D eigenvalue weighted by molar-refractivity contribution is 0.435. The zero-order chi connectivity index (χ0) is 20.4. The monoisotopic (exact) mass is 428 g/mol. The Labute approximate surface area is 177 Å². The highest BCUT2D eigenvalue weighted by molar-refractivity contribution is 7.21. The first-order chi connectivity index (χ1) is 14.1. The van der Waals surface area contributed by atoms with Gasteiger partial charge in [-0.2, -0.15) is 0 Å². The topological polar surface area (TPSA) is 90.0 Å². The van der Waals surface area contributed by atoms with Crippen LogP contribution in [0.25, 0.3) is 21.6 Å². The van der Waals surface area contributed by atoms with Gasteiger partial charge in [-0.05, 0) is 44.5 Å². The van der Waals surface area contributed by atoms with Crippen LogP contribution < -0.4 is 10.2 Å². The molecule has 1 aliphatic heterocycles. The number of aliphatic hydroxyl groups excluding tert-OH is 1. The molecule has 1 fully saturated rings. The summed E-state index contributed by atoms with van der Waals surface area (Å²) in [6.45, 7) is 7.76. The summed E-state index contributed by atoms with van der Waals surface area (Å²) in [5.41, 5.74) is 3.99. The molecule has 4 heterocycles. The molecule has 3 aromatic rings. The molecule has 3 aromatic heterocycles. The van der Waals surface area contributed by atoms with E-state index >= 15 is 0 Å². The smallest absolute Gasteiger partial charge is 0.189 e. The summed E-state index contributed by atoms with van der Waals surface area (Å²) in [7, 11) is 2.10. The molecule has 0 spiro atoms. The number of rotatable bonds is 6. The van der Waals surface area contributed by atoms with Crippen molar-refractivity contribution in [2.75, 3.05) is 25.0 Å². The van der Waals surface area contributed by atoms with Gasteiger partial charge in [0, 0.05) is 24.9 Å². The Morgan fingerprint density at radius 3 is 2.79 bits per heavy atom. The standard InChI is InChI=1S/C20H24N6OS2/c1-4-13(16-10-22-11-28-16)9-15(27)12(2)17-23-18-19(24-17)29-20(25-18)26(3)14-5-7-21-8-6-14/h4,9-11,14,21,27H,1,5-8H2,2-3H3,(H,23,24)/b13-9+,15-12-. The van der Waals surface area contributed by atoms with E-state index in [1.165, 1.54) is 11.3 Å². The fourth-order valence-electron chi connectivity index (χ4n) is 3.34. The van der Waals surface area contributed by atoms with E-state index in [4.69, 9.17) is 4.98 Å². The Balaban J connectivity index is 1.58. The van der Waals surface area contributed by atoms with E-state index in [2.05, 4.69) is 38.8 Å². The predicted molar refractivity (Wildman–Crippen MR) is 122 cm³/mol. The van der Waals surface area contributed by atoms with Crippen LogP contribution in [-0.2, 0) is 0 Å². The van der Waals surface area contributed by atoms with Crippen molar-refractivity contribution >= 4 is 49.4 Å². The molecule has 7 nitrogen and oxygen atoms in total. The van der Waals surface area contributed by atoms with E-state index in [1.54, 1.807) is 35.2 Å². The van der Waals surface area contributed by atoms with E-state index in [1.807, 2.05) is 6.92 Å². The predicted octanol–water partition coefficient (Wildman–Crippen LogP) is 4.22. The number of aromatic amines is 1. The van der Waals surface area contributed by atoms with Crippen LogP contribution in [0.5, 0.6) is 0 Å². The number of nitrogens with one attached hydrogen (secondary N) is 2. The first kappa shape index (κ1) is 19.8. The molecule has 0 saturated carbocycles. The lowest BCUT2D eigenvalue weighted by Crippen LogP contribution is -2.41. The van der Waals surface area contributed by atoms with Crippen molar-refractivity contribution in [3.8, 4) is 0 Å². The van der Waals surface area contributed by atoms with Crippen molar-refractivity contribution in [2.24, 2.45) is 0 Å². The maximum absolute atomic E-state index is 10.6. The lowest BCUT2D eigenvalue weighted by Gasteiger charge is -2.31. The number of allylic oxidation sites excluding steroid dienone is 4. The Bertz CT molecular complexity index is 1020. The quantitative estimate of drug-likeness (QED) is 0.402. The van der Waals surface area contributed by atoms with E-state index in [0.29, 0.717) is 17.4 Å². The van der Waals surface area contributed by atoms with Gasteiger partial charge in [0.05, 0.1) is 10.4 Å². The fourth-order valence-corrected chi connectivity index (χ4v) is 4.91. The third kappa shape index (κ3) is 4.12. The van der Waals surface area contributed by atoms with Crippen LogP contribution in [0.2, 0.25) is 0 Å². The molecule has 0 unspecified atom stereocenters. The molecule has 1 aliphatic rings. The van der Waals surface area contributed by atoms with Gasteiger partial charge in [0.25, 0.3) is 0 Å². The van der Waals surface area contributed by atoms with Gasteiger partial charge >= 0.3 is 0 Å². The molecule has 0 aliphatic carbocycles. The van der Waals surface area contributed by atoms with Crippen LogP contribution in [0, 0.1) is 0 Å². The normalized spacial score (nSPS) is 16.8. The van der Waals surface area contributed by atoms with Crippen molar-refractivity contribution in [2.45, 2.75) is 25.8 Å². The molecule has 0 amide bonds. The van der Waals surface area contributed by atoms with Gasteiger partial charge in [-0.15, -0.1) is 11.3 Å². The average molecular weight is 429 g/mol. The van der Waals surface area contributed by atoms with Gasteiger partial charge < -0.3 is 20.3 Å². The number of H-pyrrole nitrogens is 1. The van der Waals surface area contributed by atoms with Crippen molar-refractivity contribution in [3.05, 3.63) is 46.9 Å². The maximum atomic E-state index is 10.6. The third-order valence-electron chi connectivity index (χ3n) is 5.17. The number of piperidine rings is 1. The Hall–Kier alpha value is -2.49. The number of hydrogen-bond donors (Lipinski definition) is 3. The molecule has 0 atom stereocenters. The average Bonchev–Trinajstić information content (AvgIpc) is 3.47. The Morgan fingerprint density at radius 1 is 1.34 bits per heavy atom. The van der Waals surface area contributed by atoms with Crippen LogP contribution in [0.1, 0.15) is 30.5 Å². The van der Waals surface area contributed by atoms with Gasteiger partial charge in [0.2, 0.25) is 0 Å². The van der Waals surface area contributed by atoms with Gasteiger partial charge in [-0.3, -0.25) is 4.98 Å². The molecule has 4 rings (SSSR count). The number of aliphatic hydroxyl groups is 1. The number of anilines is 1. The summed E-state index contributed by atoms with van der Waals surface area (Å²) in [4.78, 5) is 20.8. The zero-order valence-electron chi connectivity index (χ0n) is 16.5.